The first-order chi connectivity index (χ1) is 8.71. The Balaban J connectivity index is 2.65. The Labute approximate surface area is 123 Å². The van der Waals surface area contributed by atoms with Gasteiger partial charge in [0, 0.05) is 11.6 Å². The zero-order valence-electron chi connectivity index (χ0n) is 11.3. The number of benzene rings is 1. The fourth-order valence-electron chi connectivity index (χ4n) is 1.99. The van der Waals surface area contributed by atoms with Crippen molar-refractivity contribution in [1.82, 2.24) is 5.32 Å². The fourth-order valence-corrected chi connectivity index (χ4v) is 2.49. The molecule has 0 fully saturated rings. The average molecular weight is 304 g/mol. The normalized spacial score (nSPS) is 14.3. The standard InChI is InChI=1S/C14H19Cl2NO2/c1-9(2)7-14(3,19)8-17-13(18)11-5-4-10(15)6-12(11)16/h4-6,9,19H,7-8H2,1-3H3,(H,17,18). The Morgan fingerprint density at radius 1 is 1.42 bits per heavy atom. The van der Waals surface area contributed by atoms with E-state index in [1.807, 2.05) is 13.8 Å². The van der Waals surface area contributed by atoms with Crippen molar-refractivity contribution in [3.05, 3.63) is 33.8 Å². The van der Waals surface area contributed by atoms with Gasteiger partial charge in [0.1, 0.15) is 0 Å². The van der Waals surface area contributed by atoms with Crippen LogP contribution in [0.15, 0.2) is 18.2 Å². The molecule has 106 valence electrons. The second-order valence-electron chi connectivity index (χ2n) is 5.40. The first-order valence-electron chi connectivity index (χ1n) is 6.17. The second kappa shape index (κ2) is 6.60. The summed E-state index contributed by atoms with van der Waals surface area (Å²) in [5, 5.41) is 13.6. The molecule has 2 N–H and O–H groups in total. The molecule has 1 rings (SSSR count). The number of halogens is 2. The van der Waals surface area contributed by atoms with Gasteiger partial charge in [-0.1, -0.05) is 37.0 Å². The first-order valence-corrected chi connectivity index (χ1v) is 6.92. The van der Waals surface area contributed by atoms with Crippen LogP contribution in [0.2, 0.25) is 10.0 Å². The van der Waals surface area contributed by atoms with Crippen molar-refractivity contribution in [2.45, 2.75) is 32.8 Å². The van der Waals surface area contributed by atoms with Crippen LogP contribution in [0.5, 0.6) is 0 Å². The third kappa shape index (κ3) is 5.39. The maximum absolute atomic E-state index is 12.0. The van der Waals surface area contributed by atoms with Crippen molar-refractivity contribution >= 4 is 29.1 Å². The maximum atomic E-state index is 12.0. The van der Waals surface area contributed by atoms with Crippen LogP contribution >= 0.6 is 23.2 Å². The predicted octanol–water partition coefficient (Wildman–Crippen LogP) is 3.52. The predicted molar refractivity (Wildman–Crippen MR) is 78.9 cm³/mol. The molecule has 19 heavy (non-hydrogen) atoms. The number of amides is 1. The highest BCUT2D eigenvalue weighted by Gasteiger charge is 2.23. The van der Waals surface area contributed by atoms with Gasteiger partial charge < -0.3 is 10.4 Å². The lowest BCUT2D eigenvalue weighted by atomic mass is 9.94. The lowest BCUT2D eigenvalue weighted by Gasteiger charge is -2.25. The average Bonchev–Trinajstić information content (AvgIpc) is 2.24. The van der Waals surface area contributed by atoms with Crippen molar-refractivity contribution < 1.29 is 9.90 Å². The van der Waals surface area contributed by atoms with E-state index in [2.05, 4.69) is 5.32 Å². The van der Waals surface area contributed by atoms with Crippen LogP contribution in [-0.2, 0) is 0 Å². The Bertz CT molecular complexity index is 459. The lowest BCUT2D eigenvalue weighted by molar-refractivity contribution is 0.0368. The summed E-state index contributed by atoms with van der Waals surface area (Å²) in [4.78, 5) is 12.0. The molecule has 0 aliphatic rings. The highest BCUT2D eigenvalue weighted by atomic mass is 35.5. The van der Waals surface area contributed by atoms with Crippen molar-refractivity contribution in [2.75, 3.05) is 6.54 Å². The second-order valence-corrected chi connectivity index (χ2v) is 6.25. The highest BCUT2D eigenvalue weighted by molar-refractivity contribution is 6.36. The lowest BCUT2D eigenvalue weighted by Crippen LogP contribution is -2.41. The molecule has 1 aromatic carbocycles. The molecule has 0 radical (unpaired) electrons. The summed E-state index contributed by atoms with van der Waals surface area (Å²) >= 11 is 11.7. The molecule has 5 heteroatoms. The third-order valence-electron chi connectivity index (χ3n) is 2.65. The van der Waals surface area contributed by atoms with Gasteiger partial charge in [0.15, 0.2) is 0 Å². The van der Waals surface area contributed by atoms with E-state index in [1.165, 1.54) is 6.07 Å². The quantitative estimate of drug-likeness (QED) is 0.874. The number of rotatable bonds is 5. The van der Waals surface area contributed by atoms with Crippen molar-refractivity contribution in [1.29, 1.82) is 0 Å². The number of hydrogen-bond donors (Lipinski definition) is 2. The fraction of sp³-hybridized carbons (Fsp3) is 0.500. The number of carbonyl (C=O) groups excluding carboxylic acids is 1. The van der Waals surface area contributed by atoms with Gasteiger partial charge in [-0.05, 0) is 37.5 Å². The van der Waals surface area contributed by atoms with Gasteiger partial charge in [0.2, 0.25) is 0 Å². The van der Waals surface area contributed by atoms with E-state index in [-0.39, 0.29) is 12.5 Å². The van der Waals surface area contributed by atoms with Crippen LogP contribution in [-0.4, -0.2) is 23.2 Å². The van der Waals surface area contributed by atoms with E-state index >= 15 is 0 Å². The molecule has 1 amide bonds. The Hall–Kier alpha value is -0.770. The number of nitrogens with one attached hydrogen (secondary N) is 1. The SMILES string of the molecule is CC(C)CC(C)(O)CNC(=O)c1ccc(Cl)cc1Cl. The summed E-state index contributed by atoms with van der Waals surface area (Å²) in [5.74, 6) is 0.0386. The Morgan fingerprint density at radius 2 is 2.05 bits per heavy atom. The van der Waals surface area contributed by atoms with Gasteiger partial charge in [0.05, 0.1) is 16.2 Å². The largest absolute Gasteiger partial charge is 0.388 e. The number of hydrogen-bond acceptors (Lipinski definition) is 2. The molecule has 0 heterocycles. The molecule has 1 unspecified atom stereocenters. The van der Waals surface area contributed by atoms with E-state index < -0.39 is 5.60 Å². The maximum Gasteiger partial charge on any atom is 0.252 e. The zero-order valence-corrected chi connectivity index (χ0v) is 12.8. The molecule has 0 saturated carbocycles. The summed E-state index contributed by atoms with van der Waals surface area (Å²) in [5.41, 5.74) is -0.575. The van der Waals surface area contributed by atoms with Gasteiger partial charge in [0.25, 0.3) is 5.91 Å². The van der Waals surface area contributed by atoms with Gasteiger partial charge in [-0.15, -0.1) is 0 Å². The van der Waals surface area contributed by atoms with Crippen LogP contribution in [0.1, 0.15) is 37.6 Å². The molecular weight excluding hydrogens is 285 g/mol. The van der Waals surface area contributed by atoms with Crippen molar-refractivity contribution in [3.63, 3.8) is 0 Å². The molecule has 0 saturated heterocycles. The minimum Gasteiger partial charge on any atom is -0.388 e. The van der Waals surface area contributed by atoms with Gasteiger partial charge in [-0.3, -0.25) is 4.79 Å². The molecule has 0 aliphatic carbocycles. The summed E-state index contributed by atoms with van der Waals surface area (Å²) in [7, 11) is 0. The van der Waals surface area contributed by atoms with E-state index in [0.717, 1.165) is 0 Å². The molecular formula is C14H19Cl2NO2. The Kier molecular flexibility index (Phi) is 5.65. The molecule has 0 spiro atoms. The highest BCUT2D eigenvalue weighted by Crippen LogP contribution is 2.21. The minimum atomic E-state index is -0.928. The molecule has 1 aromatic rings. The molecule has 1 atom stereocenters. The minimum absolute atomic E-state index is 0.184. The van der Waals surface area contributed by atoms with Crippen LogP contribution in [0.3, 0.4) is 0 Å². The molecule has 0 bridgehead atoms. The van der Waals surface area contributed by atoms with Crippen LogP contribution in [0, 0.1) is 5.92 Å². The van der Waals surface area contributed by atoms with Gasteiger partial charge >= 0.3 is 0 Å². The van der Waals surface area contributed by atoms with Gasteiger partial charge in [-0.2, -0.15) is 0 Å². The number of aliphatic hydroxyl groups is 1. The summed E-state index contributed by atoms with van der Waals surface area (Å²) < 4.78 is 0. The third-order valence-corrected chi connectivity index (χ3v) is 3.20. The number of carbonyl (C=O) groups is 1. The molecule has 0 aromatic heterocycles. The molecule has 3 nitrogen and oxygen atoms in total. The van der Waals surface area contributed by atoms with E-state index in [0.29, 0.717) is 27.9 Å². The topological polar surface area (TPSA) is 49.3 Å². The first kappa shape index (κ1) is 16.3. The summed E-state index contributed by atoms with van der Waals surface area (Å²) in [6, 6.07) is 4.69. The van der Waals surface area contributed by atoms with E-state index in [4.69, 9.17) is 23.2 Å². The summed E-state index contributed by atoms with van der Waals surface area (Å²) in [6.45, 7) is 5.93. The summed E-state index contributed by atoms with van der Waals surface area (Å²) in [6.07, 6.45) is 0.613. The van der Waals surface area contributed by atoms with E-state index in [1.54, 1.807) is 19.1 Å². The van der Waals surface area contributed by atoms with Crippen LogP contribution < -0.4 is 5.32 Å². The molecule has 0 aliphatic heterocycles. The van der Waals surface area contributed by atoms with Crippen molar-refractivity contribution in [2.24, 2.45) is 5.92 Å². The van der Waals surface area contributed by atoms with Crippen LogP contribution in [0.25, 0.3) is 0 Å². The van der Waals surface area contributed by atoms with Crippen molar-refractivity contribution in [3.8, 4) is 0 Å². The monoisotopic (exact) mass is 303 g/mol. The van der Waals surface area contributed by atoms with E-state index in [9.17, 15) is 9.90 Å². The smallest absolute Gasteiger partial charge is 0.252 e. The van der Waals surface area contributed by atoms with Crippen LogP contribution in [0.4, 0.5) is 0 Å². The zero-order chi connectivity index (χ0) is 14.6. The van der Waals surface area contributed by atoms with Gasteiger partial charge in [-0.25, -0.2) is 0 Å². The Morgan fingerprint density at radius 3 is 2.58 bits per heavy atom.